The number of amides is 4. The molecule has 6 nitrogen and oxygen atoms in total. The average Bonchev–Trinajstić information content (AvgIpc) is 2.95. The van der Waals surface area contributed by atoms with E-state index in [1.54, 1.807) is 6.92 Å². The second-order valence-corrected chi connectivity index (χ2v) is 7.92. The van der Waals surface area contributed by atoms with E-state index in [-0.39, 0.29) is 12.5 Å². The minimum absolute atomic E-state index is 0.307. The number of carbonyl (C=O) groups excluding carboxylic acids is 3. The van der Waals surface area contributed by atoms with E-state index in [0.29, 0.717) is 12.1 Å². The smallest absolute Gasteiger partial charge is 0.324 e. The molecule has 0 spiro atoms. The second-order valence-electron chi connectivity index (χ2n) is 7.92. The van der Waals surface area contributed by atoms with Gasteiger partial charge in [0.25, 0.3) is 5.91 Å². The molecule has 30 heavy (non-hydrogen) atoms. The van der Waals surface area contributed by atoms with Gasteiger partial charge in [0.15, 0.2) is 0 Å². The van der Waals surface area contributed by atoms with Crippen LogP contribution in [0.25, 0.3) is 11.1 Å². The molecular weight excluding hydrogens is 378 g/mol. The van der Waals surface area contributed by atoms with Crippen LogP contribution in [0.1, 0.15) is 46.0 Å². The number of rotatable bonds is 9. The lowest BCUT2D eigenvalue weighted by atomic mass is 9.94. The van der Waals surface area contributed by atoms with E-state index in [0.717, 1.165) is 41.7 Å². The molecule has 1 atom stereocenters. The summed E-state index contributed by atoms with van der Waals surface area (Å²) in [5, 5.41) is 5.62. The van der Waals surface area contributed by atoms with Crippen LogP contribution >= 0.6 is 0 Å². The number of hydrogen-bond donors (Lipinski definition) is 2. The Morgan fingerprint density at radius 3 is 2.43 bits per heavy atom. The number of para-hydroxylation sites is 1. The molecule has 1 fully saturated rings. The number of nitrogens with one attached hydrogen (secondary N) is 2. The molecule has 6 heteroatoms. The van der Waals surface area contributed by atoms with Crippen LogP contribution in [0.2, 0.25) is 0 Å². The zero-order chi connectivity index (χ0) is 21.6. The molecule has 1 saturated heterocycles. The van der Waals surface area contributed by atoms with Crippen LogP contribution in [0.5, 0.6) is 0 Å². The Hall–Kier alpha value is -3.15. The summed E-state index contributed by atoms with van der Waals surface area (Å²) in [6, 6.07) is 16.7. The Balaban J connectivity index is 1.66. The first-order valence-corrected chi connectivity index (χ1v) is 10.5. The summed E-state index contributed by atoms with van der Waals surface area (Å²) in [6.45, 7) is 3.56. The van der Waals surface area contributed by atoms with Gasteiger partial charge in [-0.3, -0.25) is 14.5 Å². The van der Waals surface area contributed by atoms with E-state index in [1.807, 2.05) is 54.6 Å². The highest BCUT2D eigenvalue weighted by atomic mass is 16.2. The molecule has 1 unspecified atom stereocenters. The molecule has 4 amide bonds. The molecule has 1 aliphatic rings. The molecule has 3 rings (SSSR count). The van der Waals surface area contributed by atoms with Crippen LogP contribution in [0.3, 0.4) is 0 Å². The van der Waals surface area contributed by atoms with Crippen molar-refractivity contribution in [2.45, 2.75) is 51.5 Å². The van der Waals surface area contributed by atoms with Gasteiger partial charge in [0.05, 0.1) is 0 Å². The van der Waals surface area contributed by atoms with E-state index < -0.39 is 17.5 Å². The number of unbranched alkanes of at least 4 members (excludes halogenated alkanes) is 3. The molecule has 2 N–H and O–H groups in total. The average molecular weight is 408 g/mol. The van der Waals surface area contributed by atoms with Gasteiger partial charge in [0.1, 0.15) is 12.1 Å². The standard InChI is InChI=1S/C24H29N3O3/c1-3-4-5-11-16-24(2)22(29)27(23(30)26-24)17-21(28)25-20-15-10-9-14-19(20)18-12-7-6-8-13-18/h6-10,12-15H,3-5,11,16-17H2,1-2H3,(H,25,28)(H,26,30). The number of anilines is 1. The molecule has 0 aliphatic carbocycles. The van der Waals surface area contributed by atoms with Crippen molar-refractivity contribution in [3.8, 4) is 11.1 Å². The zero-order valence-corrected chi connectivity index (χ0v) is 17.6. The summed E-state index contributed by atoms with van der Waals surface area (Å²) in [5.41, 5.74) is 1.56. The SMILES string of the molecule is CCCCCCC1(C)NC(=O)N(CC(=O)Nc2ccccc2-c2ccccc2)C1=O. The normalized spacial score (nSPS) is 18.4. The summed E-state index contributed by atoms with van der Waals surface area (Å²) >= 11 is 0. The maximum absolute atomic E-state index is 12.8. The minimum Gasteiger partial charge on any atom is -0.324 e. The maximum Gasteiger partial charge on any atom is 0.325 e. The number of nitrogens with zero attached hydrogens (tertiary/aromatic N) is 1. The fraction of sp³-hybridized carbons (Fsp3) is 0.375. The van der Waals surface area contributed by atoms with Crippen LogP contribution in [-0.2, 0) is 9.59 Å². The van der Waals surface area contributed by atoms with Crippen LogP contribution in [-0.4, -0.2) is 34.8 Å². The highest BCUT2D eigenvalue weighted by Gasteiger charge is 2.47. The fourth-order valence-electron chi connectivity index (χ4n) is 3.76. The Kier molecular flexibility index (Phi) is 6.87. The quantitative estimate of drug-likeness (QED) is 0.472. The molecule has 0 radical (unpaired) electrons. The first-order valence-electron chi connectivity index (χ1n) is 10.5. The molecule has 0 saturated carbocycles. The Bertz CT molecular complexity index is 913. The predicted octanol–water partition coefficient (Wildman–Crippen LogP) is 4.57. The molecule has 2 aromatic carbocycles. The maximum atomic E-state index is 12.8. The van der Waals surface area contributed by atoms with E-state index >= 15 is 0 Å². The third-order valence-corrected chi connectivity index (χ3v) is 5.46. The zero-order valence-electron chi connectivity index (χ0n) is 17.6. The van der Waals surface area contributed by atoms with Gasteiger partial charge in [0.2, 0.25) is 5.91 Å². The Morgan fingerprint density at radius 2 is 1.70 bits per heavy atom. The van der Waals surface area contributed by atoms with Crippen molar-refractivity contribution in [2.24, 2.45) is 0 Å². The van der Waals surface area contributed by atoms with Gasteiger partial charge in [-0.15, -0.1) is 0 Å². The summed E-state index contributed by atoms with van der Waals surface area (Å²) < 4.78 is 0. The van der Waals surface area contributed by atoms with Crippen molar-refractivity contribution >= 4 is 23.5 Å². The van der Waals surface area contributed by atoms with Crippen molar-refractivity contribution in [2.75, 3.05) is 11.9 Å². The van der Waals surface area contributed by atoms with Gasteiger partial charge in [-0.1, -0.05) is 81.1 Å². The lowest BCUT2D eigenvalue weighted by Crippen LogP contribution is -2.44. The minimum atomic E-state index is -0.937. The van der Waals surface area contributed by atoms with Crippen LogP contribution in [0.4, 0.5) is 10.5 Å². The van der Waals surface area contributed by atoms with Crippen LogP contribution in [0.15, 0.2) is 54.6 Å². The topological polar surface area (TPSA) is 78.5 Å². The predicted molar refractivity (Wildman–Crippen MR) is 118 cm³/mol. The van der Waals surface area contributed by atoms with Gasteiger partial charge < -0.3 is 10.6 Å². The number of hydrogen-bond acceptors (Lipinski definition) is 3. The monoisotopic (exact) mass is 407 g/mol. The third kappa shape index (κ3) is 4.87. The van der Waals surface area contributed by atoms with Gasteiger partial charge in [0, 0.05) is 11.3 Å². The Labute approximate surface area is 177 Å². The fourth-order valence-corrected chi connectivity index (χ4v) is 3.76. The van der Waals surface area contributed by atoms with Crippen molar-refractivity contribution in [3.63, 3.8) is 0 Å². The van der Waals surface area contributed by atoms with E-state index in [9.17, 15) is 14.4 Å². The summed E-state index contributed by atoms with van der Waals surface area (Å²) in [7, 11) is 0. The lowest BCUT2D eigenvalue weighted by Gasteiger charge is -2.21. The van der Waals surface area contributed by atoms with Crippen molar-refractivity contribution in [1.29, 1.82) is 0 Å². The molecule has 0 bridgehead atoms. The largest absolute Gasteiger partial charge is 0.325 e. The summed E-state index contributed by atoms with van der Waals surface area (Å²) in [6.07, 6.45) is 4.66. The molecule has 1 aliphatic heterocycles. The third-order valence-electron chi connectivity index (χ3n) is 5.46. The van der Waals surface area contributed by atoms with Gasteiger partial charge in [-0.2, -0.15) is 0 Å². The van der Waals surface area contributed by atoms with E-state index in [2.05, 4.69) is 17.6 Å². The number of carbonyl (C=O) groups is 3. The second kappa shape index (κ2) is 9.57. The molecule has 2 aromatic rings. The van der Waals surface area contributed by atoms with Gasteiger partial charge in [-0.25, -0.2) is 4.79 Å². The highest BCUT2D eigenvalue weighted by Crippen LogP contribution is 2.28. The number of benzene rings is 2. The first-order chi connectivity index (χ1) is 14.4. The number of urea groups is 1. The van der Waals surface area contributed by atoms with Gasteiger partial charge >= 0.3 is 6.03 Å². The molecule has 158 valence electrons. The Morgan fingerprint density at radius 1 is 1.00 bits per heavy atom. The number of imide groups is 1. The summed E-state index contributed by atoms with van der Waals surface area (Å²) in [4.78, 5) is 38.9. The van der Waals surface area contributed by atoms with Crippen LogP contribution < -0.4 is 10.6 Å². The van der Waals surface area contributed by atoms with E-state index in [4.69, 9.17) is 0 Å². The lowest BCUT2D eigenvalue weighted by molar-refractivity contribution is -0.133. The summed E-state index contributed by atoms with van der Waals surface area (Å²) in [5.74, 6) is -0.743. The first kappa shape index (κ1) is 21.6. The van der Waals surface area contributed by atoms with Crippen molar-refractivity contribution < 1.29 is 14.4 Å². The van der Waals surface area contributed by atoms with Crippen LogP contribution in [0, 0.1) is 0 Å². The van der Waals surface area contributed by atoms with Crippen molar-refractivity contribution in [3.05, 3.63) is 54.6 Å². The van der Waals surface area contributed by atoms with Gasteiger partial charge in [-0.05, 0) is 25.0 Å². The highest BCUT2D eigenvalue weighted by molar-refractivity contribution is 6.10. The van der Waals surface area contributed by atoms with E-state index in [1.165, 1.54) is 0 Å². The molecular formula is C24H29N3O3. The van der Waals surface area contributed by atoms with Crippen molar-refractivity contribution in [1.82, 2.24) is 10.2 Å². The molecule has 1 heterocycles. The molecule has 0 aromatic heterocycles.